The molecule has 0 heterocycles. The Balaban J connectivity index is 1.98. The van der Waals surface area contributed by atoms with Crippen molar-refractivity contribution < 1.29 is 9.72 Å². The summed E-state index contributed by atoms with van der Waals surface area (Å²) in [5.74, 6) is 0.347. The maximum absolute atomic E-state index is 11.2. The molecule has 0 saturated heterocycles. The second-order valence-corrected chi connectivity index (χ2v) is 5.11. The van der Waals surface area contributed by atoms with Crippen molar-refractivity contribution in [2.45, 2.75) is 38.3 Å². The Morgan fingerprint density at radius 1 is 1.37 bits per heavy atom. The molecule has 1 aromatic carbocycles. The van der Waals surface area contributed by atoms with Gasteiger partial charge in [-0.05, 0) is 25.5 Å². The van der Waals surface area contributed by atoms with Crippen molar-refractivity contribution >= 4 is 11.5 Å². The monoisotopic (exact) mass is 262 g/mol. The quantitative estimate of drug-likeness (QED) is 0.618. The number of hydrogen-bond donors (Lipinski definition) is 0. The minimum atomic E-state index is -0.372. The first-order chi connectivity index (χ1) is 9.06. The van der Waals surface area contributed by atoms with Gasteiger partial charge < -0.3 is 0 Å². The van der Waals surface area contributed by atoms with Gasteiger partial charge in [0.2, 0.25) is 0 Å². The van der Waals surface area contributed by atoms with Crippen LogP contribution in [0.4, 0.5) is 5.69 Å². The van der Waals surface area contributed by atoms with E-state index in [-0.39, 0.29) is 10.6 Å². The van der Waals surface area contributed by atoms with Crippen LogP contribution in [0.5, 0.6) is 0 Å². The van der Waals surface area contributed by atoms with Crippen molar-refractivity contribution in [2.24, 2.45) is 0 Å². The molecule has 0 aromatic heterocycles. The van der Waals surface area contributed by atoms with E-state index < -0.39 is 0 Å². The molecule has 0 unspecified atom stereocenters. The lowest BCUT2D eigenvalue weighted by Crippen LogP contribution is -2.34. The first-order valence-corrected chi connectivity index (χ1v) is 6.51. The number of Topliss-reactive ketones (excluding diaryl/α,β-unsaturated/α-hetero) is 1. The average molecular weight is 262 g/mol. The largest absolute Gasteiger partial charge is 0.300 e. The van der Waals surface area contributed by atoms with Gasteiger partial charge in [-0.2, -0.15) is 0 Å². The Bertz CT molecular complexity index is 477. The number of benzene rings is 1. The smallest absolute Gasteiger partial charge is 0.269 e. The van der Waals surface area contributed by atoms with Gasteiger partial charge in [0.05, 0.1) is 4.92 Å². The van der Waals surface area contributed by atoms with E-state index in [1.807, 2.05) is 13.1 Å². The number of ketones is 1. The van der Waals surface area contributed by atoms with Gasteiger partial charge in [-0.15, -0.1) is 0 Å². The fourth-order valence-electron chi connectivity index (χ4n) is 2.55. The summed E-state index contributed by atoms with van der Waals surface area (Å²) in [6, 6.07) is 7.13. The second-order valence-electron chi connectivity index (χ2n) is 5.11. The van der Waals surface area contributed by atoms with Crippen molar-refractivity contribution in [3.05, 3.63) is 39.9 Å². The molecule has 1 aromatic rings. The van der Waals surface area contributed by atoms with E-state index in [1.54, 1.807) is 12.1 Å². The standard InChI is InChI=1S/C14H18N2O3/c1-15(12-5-7-14(17)8-6-12)10-11-3-2-4-13(9-11)16(18)19/h2-4,9,12H,5-8,10H2,1H3. The molecule has 0 N–H and O–H groups in total. The van der Waals surface area contributed by atoms with Crippen LogP contribution in [0.1, 0.15) is 31.2 Å². The van der Waals surface area contributed by atoms with Gasteiger partial charge in [0.15, 0.2) is 0 Å². The Kier molecular flexibility index (Phi) is 4.27. The van der Waals surface area contributed by atoms with Gasteiger partial charge in [-0.3, -0.25) is 19.8 Å². The zero-order valence-corrected chi connectivity index (χ0v) is 11.0. The van der Waals surface area contributed by atoms with Gasteiger partial charge >= 0.3 is 0 Å². The highest BCUT2D eigenvalue weighted by molar-refractivity contribution is 5.79. The van der Waals surface area contributed by atoms with E-state index in [0.29, 0.717) is 31.2 Å². The van der Waals surface area contributed by atoms with Crippen molar-refractivity contribution in [3.8, 4) is 0 Å². The summed E-state index contributed by atoms with van der Waals surface area (Å²) in [6.07, 6.45) is 3.10. The molecule has 2 rings (SSSR count). The molecule has 5 nitrogen and oxygen atoms in total. The first kappa shape index (κ1) is 13.7. The normalized spacial score (nSPS) is 16.8. The molecule has 19 heavy (non-hydrogen) atoms. The number of nitrogens with zero attached hydrogens (tertiary/aromatic N) is 2. The van der Waals surface area contributed by atoms with Crippen LogP contribution in [-0.2, 0) is 11.3 Å². The molecule has 0 aliphatic heterocycles. The zero-order chi connectivity index (χ0) is 13.8. The van der Waals surface area contributed by atoms with Gasteiger partial charge in [0.1, 0.15) is 5.78 Å². The van der Waals surface area contributed by atoms with E-state index in [2.05, 4.69) is 4.90 Å². The van der Waals surface area contributed by atoms with Gasteiger partial charge in [-0.25, -0.2) is 0 Å². The summed E-state index contributed by atoms with van der Waals surface area (Å²) in [5, 5.41) is 10.7. The van der Waals surface area contributed by atoms with Crippen molar-refractivity contribution in [3.63, 3.8) is 0 Å². The highest BCUT2D eigenvalue weighted by Crippen LogP contribution is 2.22. The highest BCUT2D eigenvalue weighted by atomic mass is 16.6. The van der Waals surface area contributed by atoms with Crippen LogP contribution in [0.25, 0.3) is 0 Å². The fourth-order valence-corrected chi connectivity index (χ4v) is 2.55. The van der Waals surface area contributed by atoms with E-state index in [4.69, 9.17) is 0 Å². The zero-order valence-electron chi connectivity index (χ0n) is 11.0. The van der Waals surface area contributed by atoms with Gasteiger partial charge in [0.25, 0.3) is 5.69 Å². The molecule has 0 bridgehead atoms. The second kappa shape index (κ2) is 5.93. The van der Waals surface area contributed by atoms with Crippen LogP contribution in [-0.4, -0.2) is 28.7 Å². The van der Waals surface area contributed by atoms with Crippen LogP contribution in [0.2, 0.25) is 0 Å². The van der Waals surface area contributed by atoms with Gasteiger partial charge in [0, 0.05) is 37.6 Å². The minimum Gasteiger partial charge on any atom is -0.300 e. The van der Waals surface area contributed by atoms with E-state index in [9.17, 15) is 14.9 Å². The lowest BCUT2D eigenvalue weighted by molar-refractivity contribution is -0.384. The molecule has 0 atom stereocenters. The lowest BCUT2D eigenvalue weighted by Gasteiger charge is -2.30. The number of nitro benzene ring substituents is 1. The Morgan fingerprint density at radius 2 is 2.05 bits per heavy atom. The maximum Gasteiger partial charge on any atom is 0.269 e. The molecule has 1 aliphatic carbocycles. The molecular weight excluding hydrogens is 244 g/mol. The summed E-state index contributed by atoms with van der Waals surface area (Å²) in [6.45, 7) is 0.681. The molecule has 1 saturated carbocycles. The summed E-state index contributed by atoms with van der Waals surface area (Å²) >= 11 is 0. The van der Waals surface area contributed by atoms with E-state index >= 15 is 0 Å². The molecule has 102 valence electrons. The third-order valence-electron chi connectivity index (χ3n) is 3.69. The average Bonchev–Trinajstić information content (AvgIpc) is 2.39. The minimum absolute atomic E-state index is 0.129. The molecule has 5 heteroatoms. The number of carbonyl (C=O) groups is 1. The Hall–Kier alpha value is -1.75. The first-order valence-electron chi connectivity index (χ1n) is 6.51. The molecule has 1 fully saturated rings. The molecule has 1 aliphatic rings. The summed E-state index contributed by atoms with van der Waals surface area (Å²) < 4.78 is 0. The predicted molar refractivity (Wildman–Crippen MR) is 71.8 cm³/mol. The number of hydrogen-bond acceptors (Lipinski definition) is 4. The Morgan fingerprint density at radius 3 is 2.68 bits per heavy atom. The predicted octanol–water partition coefficient (Wildman–Crippen LogP) is 2.54. The molecular formula is C14H18N2O3. The van der Waals surface area contributed by atoms with E-state index in [1.165, 1.54) is 6.07 Å². The van der Waals surface area contributed by atoms with E-state index in [0.717, 1.165) is 18.4 Å². The summed E-state index contributed by atoms with van der Waals surface area (Å²) in [5.41, 5.74) is 1.07. The maximum atomic E-state index is 11.2. The number of carbonyl (C=O) groups excluding carboxylic acids is 1. The molecule has 0 radical (unpaired) electrons. The number of nitro groups is 1. The summed E-state index contributed by atoms with van der Waals surface area (Å²) in [7, 11) is 2.01. The topological polar surface area (TPSA) is 63.4 Å². The highest BCUT2D eigenvalue weighted by Gasteiger charge is 2.22. The van der Waals surface area contributed by atoms with Gasteiger partial charge in [-0.1, -0.05) is 12.1 Å². The van der Waals surface area contributed by atoms with Crippen molar-refractivity contribution in [1.29, 1.82) is 0 Å². The number of non-ortho nitro benzene ring substituents is 1. The van der Waals surface area contributed by atoms with Crippen LogP contribution >= 0.6 is 0 Å². The fraction of sp³-hybridized carbons (Fsp3) is 0.500. The van der Waals surface area contributed by atoms with Crippen molar-refractivity contribution in [2.75, 3.05) is 7.05 Å². The van der Waals surface area contributed by atoms with Crippen LogP contribution in [0.3, 0.4) is 0 Å². The van der Waals surface area contributed by atoms with Crippen LogP contribution in [0, 0.1) is 10.1 Å². The Labute approximate surface area is 112 Å². The third-order valence-corrected chi connectivity index (χ3v) is 3.69. The SMILES string of the molecule is CN(Cc1cccc([N+](=O)[O-])c1)C1CCC(=O)CC1. The third kappa shape index (κ3) is 3.61. The molecule has 0 amide bonds. The lowest BCUT2D eigenvalue weighted by atomic mass is 9.93. The summed E-state index contributed by atoms with van der Waals surface area (Å²) in [4.78, 5) is 23.8. The number of rotatable bonds is 4. The molecule has 0 spiro atoms. The van der Waals surface area contributed by atoms with Crippen LogP contribution < -0.4 is 0 Å². The van der Waals surface area contributed by atoms with Crippen molar-refractivity contribution in [1.82, 2.24) is 4.90 Å². The van der Waals surface area contributed by atoms with Crippen LogP contribution in [0.15, 0.2) is 24.3 Å².